The topological polar surface area (TPSA) is 49.5 Å². The minimum absolute atomic E-state index is 0.194. The van der Waals surface area contributed by atoms with Crippen LogP contribution in [0.15, 0.2) is 18.2 Å². The Hall–Kier alpha value is -1.06. The van der Waals surface area contributed by atoms with E-state index in [1.807, 2.05) is 6.07 Å². The molecule has 3 heteroatoms. The largest absolute Gasteiger partial charge is 0.508 e. The van der Waals surface area contributed by atoms with Gasteiger partial charge in [0.05, 0.1) is 0 Å². The zero-order valence-electron chi connectivity index (χ0n) is 11.6. The van der Waals surface area contributed by atoms with Crippen LogP contribution in [-0.2, 0) is 0 Å². The third-order valence-corrected chi connectivity index (χ3v) is 4.17. The van der Waals surface area contributed by atoms with Gasteiger partial charge < -0.3 is 10.8 Å². The molecule has 18 heavy (non-hydrogen) atoms. The Morgan fingerprint density at radius 2 is 2.11 bits per heavy atom. The molecule has 0 bridgehead atoms. The fraction of sp³-hybridized carbons (Fsp3) is 0.600. The maximum atomic E-state index is 10.0. The van der Waals surface area contributed by atoms with Crippen molar-refractivity contribution in [1.82, 2.24) is 4.90 Å². The maximum Gasteiger partial charge on any atom is 0.120 e. The van der Waals surface area contributed by atoms with Crippen LogP contribution in [0, 0.1) is 12.8 Å². The monoisotopic (exact) mass is 248 g/mol. The predicted molar refractivity (Wildman–Crippen MR) is 74.6 cm³/mol. The van der Waals surface area contributed by atoms with E-state index in [1.54, 1.807) is 6.07 Å². The van der Waals surface area contributed by atoms with Crippen LogP contribution in [-0.4, -0.2) is 29.6 Å². The van der Waals surface area contributed by atoms with Crippen molar-refractivity contribution in [2.75, 3.05) is 13.6 Å². The Balaban J connectivity index is 2.18. The van der Waals surface area contributed by atoms with E-state index in [0.717, 1.165) is 11.5 Å². The van der Waals surface area contributed by atoms with Gasteiger partial charge in [-0.25, -0.2) is 0 Å². The van der Waals surface area contributed by atoms with E-state index < -0.39 is 0 Å². The summed E-state index contributed by atoms with van der Waals surface area (Å²) < 4.78 is 0. The first-order chi connectivity index (χ1) is 8.54. The van der Waals surface area contributed by atoms with Crippen LogP contribution in [0.25, 0.3) is 0 Å². The van der Waals surface area contributed by atoms with Gasteiger partial charge in [-0.05, 0) is 45.7 Å². The molecule has 1 aliphatic carbocycles. The first-order valence-electron chi connectivity index (χ1n) is 6.76. The molecule has 1 fully saturated rings. The second-order valence-electron chi connectivity index (χ2n) is 5.54. The number of hydrogen-bond donors (Lipinski definition) is 2. The molecule has 3 nitrogen and oxygen atoms in total. The first-order valence-corrected chi connectivity index (χ1v) is 6.76. The van der Waals surface area contributed by atoms with Crippen molar-refractivity contribution < 1.29 is 5.11 Å². The van der Waals surface area contributed by atoms with Crippen LogP contribution in [0.5, 0.6) is 5.75 Å². The van der Waals surface area contributed by atoms with Gasteiger partial charge in [0, 0.05) is 24.2 Å². The van der Waals surface area contributed by atoms with Gasteiger partial charge in [0.1, 0.15) is 5.75 Å². The van der Waals surface area contributed by atoms with Gasteiger partial charge in [0.25, 0.3) is 0 Å². The van der Waals surface area contributed by atoms with E-state index >= 15 is 0 Å². The number of aromatic hydroxyl groups is 1. The molecule has 3 N–H and O–H groups in total. The van der Waals surface area contributed by atoms with Gasteiger partial charge >= 0.3 is 0 Å². The molecule has 0 aliphatic heterocycles. The minimum Gasteiger partial charge on any atom is -0.508 e. The molecule has 0 radical (unpaired) electrons. The summed E-state index contributed by atoms with van der Waals surface area (Å²) in [4.78, 5) is 2.31. The lowest BCUT2D eigenvalue weighted by molar-refractivity contribution is 0.168. The lowest BCUT2D eigenvalue weighted by Gasteiger charge is -2.33. The molecule has 0 saturated heterocycles. The highest BCUT2D eigenvalue weighted by atomic mass is 16.3. The molecule has 1 aromatic rings. The van der Waals surface area contributed by atoms with Crippen LogP contribution in [0.1, 0.15) is 36.9 Å². The van der Waals surface area contributed by atoms with Gasteiger partial charge in [0.2, 0.25) is 0 Å². The van der Waals surface area contributed by atoms with Crippen molar-refractivity contribution in [1.29, 1.82) is 0 Å². The van der Waals surface area contributed by atoms with E-state index in [-0.39, 0.29) is 6.04 Å². The standard InChI is InChI=1S/C15H24N2O/c1-10-4-7-15(18)13(8-10)11(2)17(3)14(9-16)12-5-6-12/h4,7-8,11-12,14,18H,5-6,9,16H2,1-3H3. The Morgan fingerprint density at radius 3 is 2.67 bits per heavy atom. The fourth-order valence-corrected chi connectivity index (χ4v) is 2.69. The SMILES string of the molecule is Cc1ccc(O)c(C(C)N(C)C(CN)C2CC2)c1. The summed E-state index contributed by atoms with van der Waals surface area (Å²) >= 11 is 0. The molecule has 0 heterocycles. The zero-order valence-corrected chi connectivity index (χ0v) is 11.6. The predicted octanol–water partition coefficient (Wildman–Crippen LogP) is 2.43. The van der Waals surface area contributed by atoms with Gasteiger partial charge in [-0.15, -0.1) is 0 Å². The second-order valence-corrected chi connectivity index (χ2v) is 5.54. The summed E-state index contributed by atoms with van der Waals surface area (Å²) in [6.45, 7) is 4.88. The van der Waals surface area contributed by atoms with E-state index in [1.165, 1.54) is 18.4 Å². The van der Waals surface area contributed by atoms with Gasteiger partial charge in [-0.3, -0.25) is 4.90 Å². The molecule has 0 aromatic heterocycles. The fourth-order valence-electron chi connectivity index (χ4n) is 2.69. The molecule has 100 valence electrons. The van der Waals surface area contributed by atoms with E-state index in [2.05, 4.69) is 31.9 Å². The van der Waals surface area contributed by atoms with Crippen LogP contribution >= 0.6 is 0 Å². The zero-order chi connectivity index (χ0) is 13.3. The van der Waals surface area contributed by atoms with Gasteiger partial charge in [0.15, 0.2) is 0 Å². The Kier molecular flexibility index (Phi) is 3.93. The van der Waals surface area contributed by atoms with Crippen LogP contribution in [0.2, 0.25) is 0 Å². The average Bonchev–Trinajstić information content (AvgIpc) is 3.16. The van der Waals surface area contributed by atoms with Crippen molar-refractivity contribution in [3.63, 3.8) is 0 Å². The summed E-state index contributed by atoms with van der Waals surface area (Å²) in [6.07, 6.45) is 2.58. The van der Waals surface area contributed by atoms with Crippen molar-refractivity contribution in [2.24, 2.45) is 11.7 Å². The highest BCUT2D eigenvalue weighted by molar-refractivity contribution is 5.37. The number of rotatable bonds is 5. The number of benzene rings is 1. The third kappa shape index (κ3) is 2.68. The Labute approximate surface area is 110 Å². The smallest absolute Gasteiger partial charge is 0.120 e. The van der Waals surface area contributed by atoms with E-state index in [0.29, 0.717) is 18.3 Å². The molecule has 2 atom stereocenters. The molecular weight excluding hydrogens is 224 g/mol. The second kappa shape index (κ2) is 5.29. The van der Waals surface area contributed by atoms with Gasteiger partial charge in [-0.1, -0.05) is 17.7 Å². The number of likely N-dealkylation sites (N-methyl/N-ethyl adjacent to an activating group) is 1. The van der Waals surface area contributed by atoms with Crippen molar-refractivity contribution >= 4 is 0 Å². The molecule has 1 aromatic carbocycles. The Bertz CT molecular complexity index is 415. The third-order valence-electron chi connectivity index (χ3n) is 4.17. The maximum absolute atomic E-state index is 10.0. The summed E-state index contributed by atoms with van der Waals surface area (Å²) in [5.41, 5.74) is 8.07. The molecule has 2 unspecified atom stereocenters. The summed E-state index contributed by atoms with van der Waals surface area (Å²) in [5, 5.41) is 10.0. The molecule has 2 rings (SSSR count). The average molecular weight is 248 g/mol. The minimum atomic E-state index is 0.194. The number of phenols is 1. The molecular formula is C15H24N2O. The number of nitrogens with two attached hydrogens (primary N) is 1. The van der Waals surface area contributed by atoms with Crippen LogP contribution in [0.3, 0.4) is 0 Å². The highest BCUT2D eigenvalue weighted by Crippen LogP contribution is 2.38. The normalized spacial score (nSPS) is 18.9. The van der Waals surface area contributed by atoms with Crippen molar-refractivity contribution in [3.05, 3.63) is 29.3 Å². The van der Waals surface area contributed by atoms with Crippen molar-refractivity contribution in [2.45, 2.75) is 38.8 Å². The molecule has 1 saturated carbocycles. The van der Waals surface area contributed by atoms with E-state index in [4.69, 9.17) is 5.73 Å². The first kappa shape index (κ1) is 13.4. The lowest BCUT2D eigenvalue weighted by atomic mass is 10.0. The van der Waals surface area contributed by atoms with Crippen molar-refractivity contribution in [3.8, 4) is 5.75 Å². The number of nitrogens with zero attached hydrogens (tertiary/aromatic N) is 1. The highest BCUT2D eigenvalue weighted by Gasteiger charge is 2.35. The van der Waals surface area contributed by atoms with Crippen LogP contribution < -0.4 is 5.73 Å². The molecule has 0 amide bonds. The Morgan fingerprint density at radius 1 is 1.44 bits per heavy atom. The lowest BCUT2D eigenvalue weighted by Crippen LogP contribution is -2.41. The summed E-state index contributed by atoms with van der Waals surface area (Å²) in [6, 6.07) is 6.41. The summed E-state index contributed by atoms with van der Waals surface area (Å²) in [5.74, 6) is 1.13. The molecule has 1 aliphatic rings. The summed E-state index contributed by atoms with van der Waals surface area (Å²) in [7, 11) is 2.11. The molecule has 0 spiro atoms. The number of phenolic OH excluding ortho intramolecular Hbond substituents is 1. The quantitative estimate of drug-likeness (QED) is 0.841. The number of hydrogen-bond acceptors (Lipinski definition) is 3. The number of aryl methyl sites for hydroxylation is 1. The van der Waals surface area contributed by atoms with Crippen LogP contribution in [0.4, 0.5) is 0 Å². The van der Waals surface area contributed by atoms with Gasteiger partial charge in [-0.2, -0.15) is 0 Å². The van der Waals surface area contributed by atoms with E-state index in [9.17, 15) is 5.11 Å².